The molecule has 0 aromatic heterocycles. The molecular formula is C14H11Cl2FN2OS. The molecule has 0 saturated carbocycles. The van der Waals surface area contributed by atoms with Crippen LogP contribution in [0.1, 0.15) is 11.1 Å². The van der Waals surface area contributed by atoms with Gasteiger partial charge in [0.05, 0.1) is 10.6 Å². The van der Waals surface area contributed by atoms with E-state index >= 15 is 0 Å². The van der Waals surface area contributed by atoms with Gasteiger partial charge in [0.25, 0.3) is 0 Å². The Hall–Kier alpha value is -1.43. The van der Waals surface area contributed by atoms with Crippen LogP contribution < -0.4 is 5.73 Å². The van der Waals surface area contributed by atoms with E-state index < -0.39 is 5.82 Å². The van der Waals surface area contributed by atoms with E-state index in [4.69, 9.17) is 34.1 Å². The van der Waals surface area contributed by atoms with E-state index in [1.54, 1.807) is 30.3 Å². The number of rotatable bonds is 4. The number of hydrogen-bond donors (Lipinski definition) is 2. The molecular weight excluding hydrogens is 334 g/mol. The zero-order chi connectivity index (χ0) is 15.4. The quantitative estimate of drug-likeness (QED) is 0.282. The Kier molecular flexibility index (Phi) is 5.33. The van der Waals surface area contributed by atoms with Crippen LogP contribution in [0.4, 0.5) is 4.39 Å². The van der Waals surface area contributed by atoms with Crippen molar-refractivity contribution in [3.8, 4) is 0 Å². The summed E-state index contributed by atoms with van der Waals surface area (Å²) in [6.07, 6.45) is 0. The van der Waals surface area contributed by atoms with Crippen molar-refractivity contribution >= 4 is 40.8 Å². The topological polar surface area (TPSA) is 58.6 Å². The summed E-state index contributed by atoms with van der Waals surface area (Å²) >= 11 is 13.3. The average molecular weight is 345 g/mol. The monoisotopic (exact) mass is 344 g/mol. The van der Waals surface area contributed by atoms with E-state index in [0.717, 1.165) is 4.90 Å². The predicted octanol–water partition coefficient (Wildman–Crippen LogP) is 4.52. The van der Waals surface area contributed by atoms with E-state index in [2.05, 4.69) is 5.16 Å². The molecule has 0 aliphatic rings. The summed E-state index contributed by atoms with van der Waals surface area (Å²) < 4.78 is 14.2. The minimum Gasteiger partial charge on any atom is -0.409 e. The molecule has 0 amide bonds. The van der Waals surface area contributed by atoms with Crippen LogP contribution in [0, 0.1) is 5.82 Å². The zero-order valence-corrected chi connectivity index (χ0v) is 13.0. The largest absolute Gasteiger partial charge is 0.409 e. The van der Waals surface area contributed by atoms with Crippen molar-refractivity contribution in [2.24, 2.45) is 10.9 Å². The van der Waals surface area contributed by atoms with Gasteiger partial charge in [-0.2, -0.15) is 0 Å². The Bertz CT molecular complexity index is 695. The van der Waals surface area contributed by atoms with Crippen LogP contribution in [0.25, 0.3) is 0 Å². The first kappa shape index (κ1) is 15.9. The highest BCUT2D eigenvalue weighted by atomic mass is 35.5. The number of amidine groups is 1. The van der Waals surface area contributed by atoms with E-state index in [1.165, 1.54) is 17.8 Å². The van der Waals surface area contributed by atoms with E-state index in [1.807, 2.05) is 0 Å². The van der Waals surface area contributed by atoms with Gasteiger partial charge < -0.3 is 10.9 Å². The smallest absolute Gasteiger partial charge is 0.173 e. The maximum Gasteiger partial charge on any atom is 0.173 e. The third-order valence-corrected chi connectivity index (χ3v) is 4.52. The Morgan fingerprint density at radius 2 is 2.05 bits per heavy atom. The lowest BCUT2D eigenvalue weighted by Gasteiger charge is -2.08. The van der Waals surface area contributed by atoms with Gasteiger partial charge in [0.15, 0.2) is 5.84 Å². The van der Waals surface area contributed by atoms with Crippen LogP contribution in [0.3, 0.4) is 0 Å². The number of oxime groups is 1. The SMILES string of the molecule is N/C(=N/O)c1cccc(CSc2cc(Cl)ccc2Cl)c1F. The van der Waals surface area contributed by atoms with Crippen molar-refractivity contribution in [1.29, 1.82) is 0 Å². The number of halogens is 3. The third-order valence-electron chi connectivity index (χ3n) is 2.74. The fourth-order valence-corrected chi connectivity index (χ4v) is 3.15. The maximum atomic E-state index is 14.2. The van der Waals surface area contributed by atoms with E-state index in [0.29, 0.717) is 21.4 Å². The Morgan fingerprint density at radius 3 is 2.76 bits per heavy atom. The molecule has 7 heteroatoms. The minimum atomic E-state index is -0.515. The lowest BCUT2D eigenvalue weighted by molar-refractivity contribution is 0.318. The fraction of sp³-hybridized carbons (Fsp3) is 0.0714. The van der Waals surface area contributed by atoms with Gasteiger partial charge >= 0.3 is 0 Å². The molecule has 0 heterocycles. The highest BCUT2D eigenvalue weighted by molar-refractivity contribution is 7.98. The van der Waals surface area contributed by atoms with Crippen molar-refractivity contribution in [2.75, 3.05) is 0 Å². The van der Waals surface area contributed by atoms with E-state index in [9.17, 15) is 4.39 Å². The van der Waals surface area contributed by atoms with Crippen molar-refractivity contribution in [1.82, 2.24) is 0 Å². The molecule has 0 aliphatic heterocycles. The Labute approximate surface area is 135 Å². The number of hydrogen-bond acceptors (Lipinski definition) is 3. The third kappa shape index (κ3) is 3.81. The lowest BCUT2D eigenvalue weighted by Crippen LogP contribution is -2.15. The second-order valence-electron chi connectivity index (χ2n) is 4.13. The maximum absolute atomic E-state index is 14.2. The molecule has 110 valence electrons. The normalized spacial score (nSPS) is 11.7. The van der Waals surface area contributed by atoms with Gasteiger partial charge in [0, 0.05) is 15.7 Å². The van der Waals surface area contributed by atoms with Crippen molar-refractivity contribution in [3.05, 3.63) is 63.4 Å². The first-order valence-electron chi connectivity index (χ1n) is 5.86. The van der Waals surface area contributed by atoms with Crippen molar-refractivity contribution in [2.45, 2.75) is 10.6 Å². The summed E-state index contributed by atoms with van der Waals surface area (Å²) in [6.45, 7) is 0. The second-order valence-corrected chi connectivity index (χ2v) is 5.99. The van der Waals surface area contributed by atoms with Gasteiger partial charge in [-0.3, -0.25) is 0 Å². The second kappa shape index (κ2) is 7.02. The molecule has 2 aromatic carbocycles. The lowest BCUT2D eigenvalue weighted by atomic mass is 10.1. The number of benzene rings is 2. The summed E-state index contributed by atoms with van der Waals surface area (Å²) in [7, 11) is 0. The van der Waals surface area contributed by atoms with Gasteiger partial charge in [-0.05, 0) is 29.8 Å². The van der Waals surface area contributed by atoms with Gasteiger partial charge in [-0.25, -0.2) is 4.39 Å². The Morgan fingerprint density at radius 1 is 1.29 bits per heavy atom. The number of thioether (sulfide) groups is 1. The predicted molar refractivity (Wildman–Crippen MR) is 84.9 cm³/mol. The minimum absolute atomic E-state index is 0.0628. The molecule has 0 unspecified atom stereocenters. The van der Waals surface area contributed by atoms with Crippen LogP contribution in [0.2, 0.25) is 10.0 Å². The summed E-state index contributed by atoms with van der Waals surface area (Å²) in [4.78, 5) is 0.762. The van der Waals surface area contributed by atoms with Crippen LogP contribution >= 0.6 is 35.0 Å². The van der Waals surface area contributed by atoms with Crippen LogP contribution in [0.5, 0.6) is 0 Å². The molecule has 0 spiro atoms. The molecule has 0 radical (unpaired) electrons. The van der Waals surface area contributed by atoms with E-state index in [-0.39, 0.29) is 11.4 Å². The average Bonchev–Trinajstić information content (AvgIpc) is 2.48. The molecule has 0 bridgehead atoms. The zero-order valence-electron chi connectivity index (χ0n) is 10.7. The molecule has 3 nitrogen and oxygen atoms in total. The van der Waals surface area contributed by atoms with Crippen LogP contribution in [0.15, 0.2) is 46.4 Å². The van der Waals surface area contributed by atoms with Gasteiger partial charge in [0.2, 0.25) is 0 Å². The van der Waals surface area contributed by atoms with Gasteiger partial charge in [0.1, 0.15) is 5.82 Å². The number of nitrogens with zero attached hydrogens (tertiary/aromatic N) is 1. The molecule has 0 atom stereocenters. The fourth-order valence-electron chi connectivity index (χ4n) is 1.69. The molecule has 2 aromatic rings. The molecule has 2 rings (SSSR count). The molecule has 3 N–H and O–H groups in total. The van der Waals surface area contributed by atoms with Crippen LogP contribution in [-0.4, -0.2) is 11.0 Å². The van der Waals surface area contributed by atoms with Crippen LogP contribution in [-0.2, 0) is 5.75 Å². The molecule has 21 heavy (non-hydrogen) atoms. The number of nitrogens with two attached hydrogens (primary N) is 1. The first-order chi connectivity index (χ1) is 10.0. The summed E-state index contributed by atoms with van der Waals surface area (Å²) in [6, 6.07) is 9.83. The summed E-state index contributed by atoms with van der Waals surface area (Å²) in [5, 5.41) is 12.6. The Balaban J connectivity index is 2.23. The van der Waals surface area contributed by atoms with Crippen molar-refractivity contribution < 1.29 is 9.60 Å². The highest BCUT2D eigenvalue weighted by Crippen LogP contribution is 2.32. The molecule has 0 aliphatic carbocycles. The van der Waals surface area contributed by atoms with Gasteiger partial charge in [-0.1, -0.05) is 40.5 Å². The molecule has 0 fully saturated rings. The van der Waals surface area contributed by atoms with Crippen molar-refractivity contribution in [3.63, 3.8) is 0 Å². The summed E-state index contributed by atoms with van der Waals surface area (Å²) in [5.41, 5.74) is 5.92. The standard InChI is InChI=1S/C14H11Cl2FN2OS/c15-9-4-5-11(16)12(6-9)21-7-8-2-1-3-10(13(8)17)14(18)19-20/h1-6,20H,7H2,(H2,18,19). The highest BCUT2D eigenvalue weighted by Gasteiger charge is 2.12. The molecule has 0 saturated heterocycles. The first-order valence-corrected chi connectivity index (χ1v) is 7.60. The summed E-state index contributed by atoms with van der Waals surface area (Å²) in [5.74, 6) is -0.433. The van der Waals surface area contributed by atoms with Gasteiger partial charge in [-0.15, -0.1) is 11.8 Å².